The summed E-state index contributed by atoms with van der Waals surface area (Å²) in [4.78, 5) is 24.9. The number of hydrogen-bond acceptors (Lipinski definition) is 4. The number of Topliss-reactive ketones (excluding diaryl/α,β-unsaturated/α-hetero) is 1. The molecule has 1 aliphatic rings. The van der Waals surface area contributed by atoms with Crippen LogP contribution < -0.4 is 9.47 Å². The second-order valence-corrected chi connectivity index (χ2v) is 6.77. The van der Waals surface area contributed by atoms with E-state index in [-0.39, 0.29) is 11.5 Å². The molecule has 0 aromatic heterocycles. The number of ketones is 1. The van der Waals surface area contributed by atoms with E-state index in [2.05, 4.69) is 0 Å². The van der Waals surface area contributed by atoms with Crippen LogP contribution in [-0.4, -0.2) is 11.8 Å². The quantitative estimate of drug-likeness (QED) is 0.364. The molecular weight excluding hydrogens is 352 g/mol. The fourth-order valence-corrected chi connectivity index (χ4v) is 2.98. The number of fused-ring (bicyclic) bond motifs is 1. The number of carbonyl (C=O) groups excluding carboxylic acids is 2. The van der Waals surface area contributed by atoms with E-state index in [0.717, 1.165) is 16.7 Å². The summed E-state index contributed by atoms with van der Waals surface area (Å²) in [5.41, 5.74) is 3.92. The van der Waals surface area contributed by atoms with Gasteiger partial charge in [0.1, 0.15) is 11.5 Å². The molecule has 0 aliphatic carbocycles. The fraction of sp³-hybridized carbons (Fsp3) is 0.0833. The van der Waals surface area contributed by atoms with Gasteiger partial charge in [-0.15, -0.1) is 0 Å². The maximum Gasteiger partial charge on any atom is 0.343 e. The average molecular weight is 370 g/mol. The molecule has 1 aliphatic heterocycles. The summed E-state index contributed by atoms with van der Waals surface area (Å²) >= 11 is 0. The summed E-state index contributed by atoms with van der Waals surface area (Å²) in [7, 11) is 0. The number of allylic oxidation sites excluding steroid dienone is 1. The maximum absolute atomic E-state index is 12.6. The molecule has 0 saturated heterocycles. The molecule has 0 spiro atoms. The molecule has 0 radical (unpaired) electrons. The van der Waals surface area contributed by atoms with Crippen LogP contribution in [0, 0.1) is 13.8 Å². The lowest BCUT2D eigenvalue weighted by atomic mass is 10.1. The average Bonchev–Trinajstić information content (AvgIpc) is 2.98. The van der Waals surface area contributed by atoms with Crippen molar-refractivity contribution in [3.05, 3.63) is 100 Å². The second-order valence-electron chi connectivity index (χ2n) is 6.77. The van der Waals surface area contributed by atoms with Gasteiger partial charge in [0.15, 0.2) is 5.76 Å². The molecule has 3 aromatic carbocycles. The molecule has 0 bridgehead atoms. The zero-order valence-corrected chi connectivity index (χ0v) is 15.6. The molecule has 3 aromatic rings. The Hall–Kier alpha value is -3.66. The van der Waals surface area contributed by atoms with Crippen molar-refractivity contribution in [3.8, 4) is 11.5 Å². The van der Waals surface area contributed by atoms with Gasteiger partial charge in [-0.2, -0.15) is 0 Å². The minimum absolute atomic E-state index is 0.188. The van der Waals surface area contributed by atoms with Gasteiger partial charge in [-0.1, -0.05) is 47.5 Å². The SMILES string of the molecule is Cc1ccc(/C=C2\Oc3cc(OC(=O)c4cccc(C)c4)ccc3C2=O)cc1. The van der Waals surface area contributed by atoms with Crippen molar-refractivity contribution in [2.24, 2.45) is 0 Å². The number of aryl methyl sites for hydroxylation is 2. The monoisotopic (exact) mass is 370 g/mol. The van der Waals surface area contributed by atoms with Crippen LogP contribution in [0.3, 0.4) is 0 Å². The number of ether oxygens (including phenoxy) is 2. The van der Waals surface area contributed by atoms with Crippen LogP contribution in [0.25, 0.3) is 6.08 Å². The molecule has 0 fully saturated rings. The number of rotatable bonds is 3. The summed E-state index contributed by atoms with van der Waals surface area (Å²) in [6, 6.07) is 19.8. The molecule has 0 amide bonds. The fourth-order valence-electron chi connectivity index (χ4n) is 2.98. The number of carbonyl (C=O) groups is 2. The molecule has 4 rings (SSSR count). The van der Waals surface area contributed by atoms with Crippen molar-refractivity contribution < 1.29 is 19.1 Å². The molecule has 4 nitrogen and oxygen atoms in total. The number of benzene rings is 3. The van der Waals surface area contributed by atoms with Crippen molar-refractivity contribution in [1.82, 2.24) is 0 Å². The van der Waals surface area contributed by atoms with E-state index in [4.69, 9.17) is 9.47 Å². The largest absolute Gasteiger partial charge is 0.452 e. The van der Waals surface area contributed by atoms with E-state index in [0.29, 0.717) is 22.6 Å². The van der Waals surface area contributed by atoms with Crippen LogP contribution in [-0.2, 0) is 0 Å². The minimum atomic E-state index is -0.455. The van der Waals surface area contributed by atoms with E-state index in [1.807, 2.05) is 44.2 Å². The van der Waals surface area contributed by atoms with E-state index < -0.39 is 5.97 Å². The highest BCUT2D eigenvalue weighted by Crippen LogP contribution is 2.35. The third-order valence-corrected chi connectivity index (χ3v) is 4.48. The molecular formula is C24H18O4. The van der Waals surface area contributed by atoms with Crippen molar-refractivity contribution >= 4 is 17.8 Å². The molecule has 1 heterocycles. The van der Waals surface area contributed by atoms with Gasteiger partial charge in [0, 0.05) is 6.07 Å². The highest BCUT2D eigenvalue weighted by molar-refractivity contribution is 6.14. The number of esters is 1. The van der Waals surface area contributed by atoms with E-state index in [1.54, 1.807) is 42.5 Å². The van der Waals surface area contributed by atoms with Crippen molar-refractivity contribution in [2.75, 3.05) is 0 Å². The molecule has 0 N–H and O–H groups in total. The van der Waals surface area contributed by atoms with Crippen LogP contribution in [0.5, 0.6) is 11.5 Å². The van der Waals surface area contributed by atoms with Gasteiger partial charge in [-0.05, 0) is 49.8 Å². The summed E-state index contributed by atoms with van der Waals surface area (Å²) in [6.45, 7) is 3.91. The van der Waals surface area contributed by atoms with Crippen LogP contribution in [0.15, 0.2) is 72.5 Å². The van der Waals surface area contributed by atoms with Crippen LogP contribution in [0.1, 0.15) is 37.4 Å². The summed E-state index contributed by atoms with van der Waals surface area (Å²) in [6.07, 6.45) is 1.71. The lowest BCUT2D eigenvalue weighted by Crippen LogP contribution is -2.08. The Kier molecular flexibility index (Phi) is 4.53. The summed E-state index contributed by atoms with van der Waals surface area (Å²) < 4.78 is 11.2. The Morgan fingerprint density at radius 2 is 1.71 bits per heavy atom. The molecule has 28 heavy (non-hydrogen) atoms. The lowest BCUT2D eigenvalue weighted by Gasteiger charge is -2.06. The summed E-state index contributed by atoms with van der Waals surface area (Å²) in [5.74, 6) is 0.323. The van der Waals surface area contributed by atoms with Gasteiger partial charge < -0.3 is 9.47 Å². The zero-order valence-electron chi connectivity index (χ0n) is 15.6. The van der Waals surface area contributed by atoms with Gasteiger partial charge in [0.25, 0.3) is 0 Å². The maximum atomic E-state index is 12.6. The van der Waals surface area contributed by atoms with Gasteiger partial charge in [0.2, 0.25) is 5.78 Å². The zero-order chi connectivity index (χ0) is 19.7. The summed E-state index contributed by atoms with van der Waals surface area (Å²) in [5, 5.41) is 0. The van der Waals surface area contributed by atoms with Crippen LogP contribution in [0.4, 0.5) is 0 Å². The molecule has 0 atom stereocenters. The molecule has 138 valence electrons. The van der Waals surface area contributed by atoms with Gasteiger partial charge in [-0.25, -0.2) is 4.79 Å². The van der Waals surface area contributed by atoms with Crippen molar-refractivity contribution in [2.45, 2.75) is 13.8 Å². The molecule has 0 saturated carbocycles. The Bertz CT molecular complexity index is 1110. The first-order valence-electron chi connectivity index (χ1n) is 8.93. The van der Waals surface area contributed by atoms with Crippen LogP contribution in [0.2, 0.25) is 0 Å². The van der Waals surface area contributed by atoms with Gasteiger partial charge >= 0.3 is 5.97 Å². The Morgan fingerprint density at radius 3 is 2.46 bits per heavy atom. The van der Waals surface area contributed by atoms with Gasteiger partial charge in [0.05, 0.1) is 11.1 Å². The molecule has 4 heteroatoms. The standard InChI is InChI=1S/C24H18O4/c1-15-6-8-17(9-7-15)13-22-23(25)20-11-10-19(14-21(20)28-22)27-24(26)18-5-3-4-16(2)12-18/h3-14H,1-2H3/b22-13-. The van der Waals surface area contributed by atoms with E-state index >= 15 is 0 Å². The Labute approximate surface area is 163 Å². The molecule has 0 unspecified atom stereocenters. The first kappa shape index (κ1) is 17.7. The highest BCUT2D eigenvalue weighted by Gasteiger charge is 2.28. The normalized spacial score (nSPS) is 13.9. The third-order valence-electron chi connectivity index (χ3n) is 4.48. The van der Waals surface area contributed by atoms with Crippen LogP contribution >= 0.6 is 0 Å². The van der Waals surface area contributed by atoms with E-state index in [1.165, 1.54) is 0 Å². The predicted octanol–water partition coefficient (Wildman–Crippen LogP) is 5.14. The van der Waals surface area contributed by atoms with Crippen molar-refractivity contribution in [3.63, 3.8) is 0 Å². The minimum Gasteiger partial charge on any atom is -0.452 e. The predicted molar refractivity (Wildman–Crippen MR) is 107 cm³/mol. The Balaban J connectivity index is 1.55. The van der Waals surface area contributed by atoms with Gasteiger partial charge in [-0.3, -0.25) is 4.79 Å². The third kappa shape index (κ3) is 3.58. The Morgan fingerprint density at radius 1 is 0.929 bits per heavy atom. The first-order valence-corrected chi connectivity index (χ1v) is 8.93. The number of hydrogen-bond donors (Lipinski definition) is 0. The highest BCUT2D eigenvalue weighted by atomic mass is 16.5. The first-order chi connectivity index (χ1) is 13.5. The van der Waals surface area contributed by atoms with Crippen molar-refractivity contribution in [1.29, 1.82) is 0 Å². The topological polar surface area (TPSA) is 52.6 Å². The smallest absolute Gasteiger partial charge is 0.343 e. The lowest BCUT2D eigenvalue weighted by molar-refractivity contribution is 0.0734. The second kappa shape index (κ2) is 7.16. The van der Waals surface area contributed by atoms with E-state index in [9.17, 15) is 9.59 Å².